The molecule has 6 heteroatoms. The molecule has 1 heterocycles. The summed E-state index contributed by atoms with van der Waals surface area (Å²) in [6, 6.07) is 21.2. The highest BCUT2D eigenvalue weighted by atomic mass is 16.5. The van der Waals surface area contributed by atoms with Crippen molar-refractivity contribution in [2.75, 3.05) is 32.1 Å². The lowest BCUT2D eigenvalue weighted by Gasteiger charge is -2.09. The number of hydrogen-bond acceptors (Lipinski definition) is 5. The second-order valence-electron chi connectivity index (χ2n) is 6.37. The summed E-state index contributed by atoms with van der Waals surface area (Å²) in [6.45, 7) is 1.57. The van der Waals surface area contributed by atoms with Crippen molar-refractivity contribution in [1.29, 1.82) is 0 Å². The van der Waals surface area contributed by atoms with Crippen molar-refractivity contribution < 1.29 is 14.3 Å². The average Bonchev–Trinajstić information content (AvgIpc) is 2.78. The molecule has 29 heavy (non-hydrogen) atoms. The molecule has 1 amide bonds. The number of aromatic nitrogens is 1. The zero-order valence-corrected chi connectivity index (χ0v) is 16.4. The van der Waals surface area contributed by atoms with Crippen LogP contribution in [0.1, 0.15) is 15.9 Å². The second kappa shape index (κ2) is 10.7. The van der Waals surface area contributed by atoms with E-state index in [2.05, 4.69) is 27.8 Å². The van der Waals surface area contributed by atoms with Crippen LogP contribution in [-0.2, 0) is 6.42 Å². The van der Waals surface area contributed by atoms with Gasteiger partial charge in [0.2, 0.25) is 0 Å². The Balaban J connectivity index is 1.36. The van der Waals surface area contributed by atoms with E-state index in [1.54, 1.807) is 19.4 Å². The van der Waals surface area contributed by atoms with Gasteiger partial charge in [-0.05, 0) is 48.4 Å². The van der Waals surface area contributed by atoms with Crippen LogP contribution in [0, 0.1) is 0 Å². The minimum absolute atomic E-state index is 0.174. The number of hydrogen-bond donors (Lipinski definition) is 2. The molecule has 0 bridgehead atoms. The standard InChI is InChI=1S/C23H25N3O3/c1-28-20-8-10-21(11-9-20)29-16-15-25-23(27)19-7-12-22(26-17-19)24-14-13-18-5-3-2-4-6-18/h2-12,17H,13-16H2,1H3,(H,24,26)(H,25,27). The maximum atomic E-state index is 12.2. The van der Waals surface area contributed by atoms with Gasteiger partial charge in [-0.1, -0.05) is 30.3 Å². The lowest BCUT2D eigenvalue weighted by Crippen LogP contribution is -2.28. The number of pyridine rings is 1. The summed E-state index contributed by atoms with van der Waals surface area (Å²) >= 11 is 0. The molecule has 0 saturated heterocycles. The Morgan fingerprint density at radius 2 is 1.69 bits per heavy atom. The predicted molar refractivity (Wildman–Crippen MR) is 114 cm³/mol. The molecule has 2 N–H and O–H groups in total. The number of methoxy groups -OCH3 is 1. The van der Waals surface area contributed by atoms with E-state index in [1.807, 2.05) is 48.5 Å². The number of amides is 1. The van der Waals surface area contributed by atoms with Crippen LogP contribution < -0.4 is 20.1 Å². The normalized spacial score (nSPS) is 10.2. The molecular weight excluding hydrogens is 366 g/mol. The molecule has 0 spiro atoms. The Hall–Kier alpha value is -3.54. The summed E-state index contributed by atoms with van der Waals surface area (Å²) in [5.41, 5.74) is 1.79. The molecule has 0 fully saturated rings. The van der Waals surface area contributed by atoms with E-state index in [0.29, 0.717) is 18.7 Å². The van der Waals surface area contributed by atoms with Gasteiger partial charge in [-0.15, -0.1) is 0 Å². The third kappa shape index (κ3) is 6.53. The van der Waals surface area contributed by atoms with Crippen molar-refractivity contribution in [3.63, 3.8) is 0 Å². The van der Waals surface area contributed by atoms with Crippen molar-refractivity contribution in [3.05, 3.63) is 84.1 Å². The quantitative estimate of drug-likeness (QED) is 0.517. The highest BCUT2D eigenvalue weighted by Gasteiger charge is 2.06. The topological polar surface area (TPSA) is 72.5 Å². The number of benzene rings is 2. The first-order valence-corrected chi connectivity index (χ1v) is 9.53. The third-order valence-electron chi connectivity index (χ3n) is 4.30. The number of ether oxygens (including phenoxy) is 2. The molecule has 0 aliphatic rings. The number of rotatable bonds is 10. The van der Waals surface area contributed by atoms with Gasteiger partial charge in [0.25, 0.3) is 5.91 Å². The van der Waals surface area contributed by atoms with E-state index < -0.39 is 0 Å². The SMILES string of the molecule is COc1ccc(OCCNC(=O)c2ccc(NCCc3ccccc3)nc2)cc1. The van der Waals surface area contributed by atoms with Gasteiger partial charge in [0, 0.05) is 12.7 Å². The predicted octanol–water partition coefficient (Wildman–Crippen LogP) is 3.55. The molecule has 0 radical (unpaired) electrons. The second-order valence-corrected chi connectivity index (χ2v) is 6.37. The van der Waals surface area contributed by atoms with Gasteiger partial charge in [-0.2, -0.15) is 0 Å². The molecular formula is C23H25N3O3. The zero-order chi connectivity index (χ0) is 20.3. The highest BCUT2D eigenvalue weighted by molar-refractivity contribution is 5.94. The van der Waals surface area contributed by atoms with Crippen molar-refractivity contribution in [2.45, 2.75) is 6.42 Å². The number of carbonyl (C=O) groups is 1. The zero-order valence-electron chi connectivity index (χ0n) is 16.4. The molecule has 0 atom stereocenters. The molecule has 1 aromatic heterocycles. The van der Waals surface area contributed by atoms with Gasteiger partial charge < -0.3 is 20.1 Å². The van der Waals surface area contributed by atoms with E-state index in [0.717, 1.165) is 30.3 Å². The van der Waals surface area contributed by atoms with Crippen LogP contribution in [0.25, 0.3) is 0 Å². The molecule has 0 unspecified atom stereocenters. The Morgan fingerprint density at radius 3 is 2.38 bits per heavy atom. The van der Waals surface area contributed by atoms with Gasteiger partial charge in [0.05, 0.1) is 19.2 Å². The lowest BCUT2D eigenvalue weighted by molar-refractivity contribution is 0.0946. The van der Waals surface area contributed by atoms with Gasteiger partial charge in [-0.3, -0.25) is 4.79 Å². The number of anilines is 1. The molecule has 0 aliphatic carbocycles. The fourth-order valence-electron chi connectivity index (χ4n) is 2.72. The average molecular weight is 391 g/mol. The van der Waals surface area contributed by atoms with E-state index in [4.69, 9.17) is 9.47 Å². The van der Waals surface area contributed by atoms with Gasteiger partial charge in [0.15, 0.2) is 0 Å². The molecule has 0 aliphatic heterocycles. The van der Waals surface area contributed by atoms with Crippen LogP contribution in [0.5, 0.6) is 11.5 Å². The van der Waals surface area contributed by atoms with Crippen LogP contribution in [0.2, 0.25) is 0 Å². The lowest BCUT2D eigenvalue weighted by atomic mass is 10.1. The number of carbonyl (C=O) groups excluding carboxylic acids is 1. The van der Waals surface area contributed by atoms with Crippen molar-refractivity contribution in [1.82, 2.24) is 10.3 Å². The summed E-state index contributed by atoms with van der Waals surface area (Å²) in [7, 11) is 1.62. The van der Waals surface area contributed by atoms with Crippen LogP contribution in [0.15, 0.2) is 72.9 Å². The Labute approximate surface area is 170 Å². The summed E-state index contributed by atoms with van der Waals surface area (Å²) < 4.78 is 10.7. The highest BCUT2D eigenvalue weighted by Crippen LogP contribution is 2.16. The summed E-state index contributed by atoms with van der Waals surface area (Å²) in [5.74, 6) is 2.08. The minimum atomic E-state index is -0.174. The van der Waals surface area contributed by atoms with E-state index >= 15 is 0 Å². The summed E-state index contributed by atoms with van der Waals surface area (Å²) in [4.78, 5) is 16.5. The van der Waals surface area contributed by atoms with Crippen LogP contribution in [0.3, 0.4) is 0 Å². The first kappa shape index (κ1) is 20.2. The van der Waals surface area contributed by atoms with Crippen molar-refractivity contribution in [2.24, 2.45) is 0 Å². The number of nitrogens with zero attached hydrogens (tertiary/aromatic N) is 1. The smallest absolute Gasteiger partial charge is 0.252 e. The van der Waals surface area contributed by atoms with Crippen LogP contribution in [-0.4, -0.2) is 37.7 Å². The van der Waals surface area contributed by atoms with E-state index in [9.17, 15) is 4.79 Å². The monoisotopic (exact) mass is 391 g/mol. The summed E-state index contributed by atoms with van der Waals surface area (Å²) in [5, 5.41) is 6.09. The third-order valence-corrected chi connectivity index (χ3v) is 4.30. The Bertz CT molecular complexity index is 882. The van der Waals surface area contributed by atoms with Gasteiger partial charge in [-0.25, -0.2) is 4.98 Å². The van der Waals surface area contributed by atoms with Crippen molar-refractivity contribution >= 4 is 11.7 Å². The van der Waals surface area contributed by atoms with Crippen LogP contribution in [0.4, 0.5) is 5.82 Å². The molecule has 150 valence electrons. The fourth-order valence-corrected chi connectivity index (χ4v) is 2.72. The molecule has 6 nitrogen and oxygen atoms in total. The molecule has 3 rings (SSSR count). The van der Waals surface area contributed by atoms with E-state index in [-0.39, 0.29) is 5.91 Å². The molecule has 3 aromatic rings. The van der Waals surface area contributed by atoms with Gasteiger partial charge in [0.1, 0.15) is 23.9 Å². The van der Waals surface area contributed by atoms with Crippen molar-refractivity contribution in [3.8, 4) is 11.5 Å². The van der Waals surface area contributed by atoms with Gasteiger partial charge >= 0.3 is 0 Å². The Kier molecular flexibility index (Phi) is 7.46. The molecule has 2 aromatic carbocycles. The minimum Gasteiger partial charge on any atom is -0.497 e. The maximum Gasteiger partial charge on any atom is 0.252 e. The Morgan fingerprint density at radius 1 is 0.931 bits per heavy atom. The van der Waals surface area contributed by atoms with E-state index in [1.165, 1.54) is 5.56 Å². The maximum absolute atomic E-state index is 12.2. The first-order valence-electron chi connectivity index (χ1n) is 9.53. The largest absolute Gasteiger partial charge is 0.497 e. The fraction of sp³-hybridized carbons (Fsp3) is 0.217. The molecule has 0 saturated carbocycles. The van der Waals surface area contributed by atoms with Crippen LogP contribution >= 0.6 is 0 Å². The summed E-state index contributed by atoms with van der Waals surface area (Å²) in [6.07, 6.45) is 2.49. The number of nitrogens with one attached hydrogen (secondary N) is 2. The first-order chi connectivity index (χ1) is 14.2.